The molecule has 4 nitrogen and oxygen atoms in total. The number of anilines is 1. The van der Waals surface area contributed by atoms with Crippen molar-refractivity contribution in [1.29, 1.82) is 0 Å². The lowest BCUT2D eigenvalue weighted by molar-refractivity contribution is -0.117. The number of nitrogens with two attached hydrogens (primary N) is 1. The van der Waals surface area contributed by atoms with Crippen molar-refractivity contribution >= 4 is 23.2 Å². The van der Waals surface area contributed by atoms with E-state index in [1.807, 2.05) is 0 Å². The van der Waals surface area contributed by atoms with E-state index in [9.17, 15) is 9.90 Å². The predicted octanol–water partition coefficient (Wildman–Crippen LogP) is 2.55. The van der Waals surface area contributed by atoms with E-state index in [1.54, 1.807) is 48.5 Å². The lowest BCUT2D eigenvalue weighted by Gasteiger charge is -2.12. The molecule has 2 aromatic carbocycles. The number of hydrogen-bond acceptors (Lipinski definition) is 3. The van der Waals surface area contributed by atoms with E-state index < -0.39 is 6.04 Å². The third-order valence-electron chi connectivity index (χ3n) is 2.84. The van der Waals surface area contributed by atoms with Crippen LogP contribution < -0.4 is 11.1 Å². The summed E-state index contributed by atoms with van der Waals surface area (Å²) in [5, 5.41) is 12.5. The smallest absolute Gasteiger partial charge is 0.241 e. The number of benzene rings is 2. The van der Waals surface area contributed by atoms with Crippen LogP contribution in [-0.2, 0) is 11.2 Å². The highest BCUT2D eigenvalue weighted by molar-refractivity contribution is 6.30. The maximum absolute atomic E-state index is 12.0. The van der Waals surface area contributed by atoms with E-state index in [4.69, 9.17) is 17.3 Å². The van der Waals surface area contributed by atoms with Crippen LogP contribution >= 0.6 is 11.6 Å². The lowest BCUT2D eigenvalue weighted by atomic mass is 10.1. The highest BCUT2D eigenvalue weighted by Crippen LogP contribution is 2.14. The van der Waals surface area contributed by atoms with Crippen molar-refractivity contribution in [2.45, 2.75) is 12.5 Å². The van der Waals surface area contributed by atoms with Crippen LogP contribution in [0.1, 0.15) is 5.56 Å². The molecule has 1 unspecified atom stereocenters. The van der Waals surface area contributed by atoms with Gasteiger partial charge in [-0.3, -0.25) is 4.79 Å². The van der Waals surface area contributed by atoms with Gasteiger partial charge in [0.25, 0.3) is 0 Å². The molecule has 0 saturated carbocycles. The third kappa shape index (κ3) is 3.98. The number of rotatable bonds is 4. The van der Waals surface area contributed by atoms with E-state index in [-0.39, 0.29) is 11.7 Å². The van der Waals surface area contributed by atoms with Crippen molar-refractivity contribution in [3.05, 3.63) is 59.1 Å². The van der Waals surface area contributed by atoms with Crippen LogP contribution in [0.2, 0.25) is 5.02 Å². The number of aromatic hydroxyl groups is 1. The molecule has 2 aromatic rings. The summed E-state index contributed by atoms with van der Waals surface area (Å²) in [6, 6.07) is 12.8. The Bertz CT molecular complexity index is 582. The first-order valence-electron chi connectivity index (χ1n) is 6.14. The van der Waals surface area contributed by atoms with Crippen molar-refractivity contribution in [1.82, 2.24) is 0 Å². The molecule has 0 aromatic heterocycles. The molecule has 0 fully saturated rings. The van der Waals surface area contributed by atoms with E-state index in [0.29, 0.717) is 17.1 Å². The first-order chi connectivity index (χ1) is 9.54. The zero-order valence-electron chi connectivity index (χ0n) is 10.7. The van der Waals surface area contributed by atoms with Gasteiger partial charge in [0.2, 0.25) is 5.91 Å². The van der Waals surface area contributed by atoms with Crippen LogP contribution in [0.3, 0.4) is 0 Å². The summed E-state index contributed by atoms with van der Waals surface area (Å²) in [4.78, 5) is 12.0. The van der Waals surface area contributed by atoms with Gasteiger partial charge in [-0.25, -0.2) is 0 Å². The van der Waals surface area contributed by atoms with E-state index in [2.05, 4.69) is 5.32 Å². The second-order valence-corrected chi connectivity index (χ2v) is 4.91. The van der Waals surface area contributed by atoms with Crippen molar-refractivity contribution in [2.75, 3.05) is 5.32 Å². The highest BCUT2D eigenvalue weighted by Gasteiger charge is 2.14. The highest BCUT2D eigenvalue weighted by atomic mass is 35.5. The molecule has 0 aliphatic carbocycles. The molecule has 0 saturated heterocycles. The quantitative estimate of drug-likeness (QED) is 0.810. The van der Waals surface area contributed by atoms with Crippen molar-refractivity contribution < 1.29 is 9.90 Å². The van der Waals surface area contributed by atoms with Crippen LogP contribution in [0.4, 0.5) is 5.69 Å². The van der Waals surface area contributed by atoms with Crippen molar-refractivity contribution in [3.63, 3.8) is 0 Å². The fraction of sp³-hybridized carbons (Fsp3) is 0.133. The van der Waals surface area contributed by atoms with Gasteiger partial charge in [0.05, 0.1) is 6.04 Å². The van der Waals surface area contributed by atoms with Gasteiger partial charge in [0.15, 0.2) is 0 Å². The summed E-state index contributed by atoms with van der Waals surface area (Å²) < 4.78 is 0. The van der Waals surface area contributed by atoms with Gasteiger partial charge < -0.3 is 16.2 Å². The van der Waals surface area contributed by atoms with Crippen molar-refractivity contribution in [3.8, 4) is 5.75 Å². The SMILES string of the molecule is NC(Cc1ccc(O)cc1)C(=O)Nc1ccc(Cl)cc1. The van der Waals surface area contributed by atoms with Crippen LogP contribution in [-0.4, -0.2) is 17.1 Å². The summed E-state index contributed by atoms with van der Waals surface area (Å²) in [7, 11) is 0. The molecule has 4 N–H and O–H groups in total. The molecular weight excluding hydrogens is 276 g/mol. The molecule has 5 heteroatoms. The maximum atomic E-state index is 12.0. The zero-order valence-corrected chi connectivity index (χ0v) is 11.5. The van der Waals surface area contributed by atoms with E-state index >= 15 is 0 Å². The molecule has 0 radical (unpaired) electrons. The Balaban J connectivity index is 1.94. The molecule has 1 atom stereocenters. The molecule has 2 rings (SSSR count). The van der Waals surface area contributed by atoms with Gasteiger partial charge in [-0.2, -0.15) is 0 Å². The summed E-state index contributed by atoms with van der Waals surface area (Å²) in [6.07, 6.45) is 0.402. The molecule has 0 aliphatic heterocycles. The predicted molar refractivity (Wildman–Crippen MR) is 79.9 cm³/mol. The second-order valence-electron chi connectivity index (χ2n) is 4.47. The summed E-state index contributed by atoms with van der Waals surface area (Å²) in [6.45, 7) is 0. The van der Waals surface area contributed by atoms with Gasteiger partial charge in [-0.05, 0) is 48.4 Å². The van der Waals surface area contributed by atoms with Crippen LogP contribution in [0, 0.1) is 0 Å². The van der Waals surface area contributed by atoms with Gasteiger partial charge in [0, 0.05) is 10.7 Å². The van der Waals surface area contributed by atoms with Crippen molar-refractivity contribution in [2.24, 2.45) is 5.73 Å². The number of halogens is 1. The minimum Gasteiger partial charge on any atom is -0.508 e. The Morgan fingerprint density at radius 3 is 2.35 bits per heavy atom. The first-order valence-corrected chi connectivity index (χ1v) is 6.52. The van der Waals surface area contributed by atoms with Crippen LogP contribution in [0.15, 0.2) is 48.5 Å². The molecule has 104 valence electrons. The van der Waals surface area contributed by atoms with Gasteiger partial charge in [-0.15, -0.1) is 0 Å². The minimum absolute atomic E-state index is 0.188. The zero-order chi connectivity index (χ0) is 14.5. The van der Waals surface area contributed by atoms with E-state index in [1.165, 1.54) is 0 Å². The number of phenolic OH excluding ortho intramolecular Hbond substituents is 1. The Hall–Kier alpha value is -2.04. The topological polar surface area (TPSA) is 75.3 Å². The average molecular weight is 291 g/mol. The molecule has 0 bridgehead atoms. The lowest BCUT2D eigenvalue weighted by Crippen LogP contribution is -2.37. The molecule has 20 heavy (non-hydrogen) atoms. The number of carbonyl (C=O) groups excluding carboxylic acids is 1. The van der Waals surface area contributed by atoms with Gasteiger partial charge >= 0.3 is 0 Å². The fourth-order valence-corrected chi connectivity index (χ4v) is 1.87. The summed E-state index contributed by atoms with van der Waals surface area (Å²) in [5.74, 6) is -0.0756. The van der Waals surface area contributed by atoms with Crippen LogP contribution in [0.25, 0.3) is 0 Å². The Kier molecular flexibility index (Phi) is 4.61. The Labute approximate surface area is 122 Å². The molecular formula is C15H15ClN2O2. The number of amides is 1. The average Bonchev–Trinajstić information content (AvgIpc) is 2.44. The molecule has 1 amide bonds. The second kappa shape index (κ2) is 6.41. The van der Waals surface area contributed by atoms with Gasteiger partial charge in [0.1, 0.15) is 5.75 Å². The standard InChI is InChI=1S/C15H15ClN2O2/c16-11-3-5-12(6-4-11)18-15(20)14(17)9-10-1-7-13(19)8-2-10/h1-8,14,19H,9,17H2,(H,18,20). The molecule has 0 aliphatic rings. The van der Waals surface area contributed by atoms with E-state index in [0.717, 1.165) is 5.56 Å². The van der Waals surface area contributed by atoms with Crippen LogP contribution in [0.5, 0.6) is 5.75 Å². The number of carbonyl (C=O) groups is 1. The minimum atomic E-state index is -0.657. The molecule has 0 heterocycles. The summed E-state index contributed by atoms with van der Waals surface area (Å²) in [5.41, 5.74) is 7.41. The maximum Gasteiger partial charge on any atom is 0.241 e. The number of hydrogen-bond donors (Lipinski definition) is 3. The number of nitrogens with one attached hydrogen (secondary N) is 1. The summed E-state index contributed by atoms with van der Waals surface area (Å²) >= 11 is 5.77. The Morgan fingerprint density at radius 2 is 1.75 bits per heavy atom. The Morgan fingerprint density at radius 1 is 1.15 bits per heavy atom. The monoisotopic (exact) mass is 290 g/mol. The molecule has 0 spiro atoms. The largest absolute Gasteiger partial charge is 0.508 e. The normalized spacial score (nSPS) is 11.9. The third-order valence-corrected chi connectivity index (χ3v) is 3.09. The fourth-order valence-electron chi connectivity index (χ4n) is 1.75. The first kappa shape index (κ1) is 14.4. The van der Waals surface area contributed by atoms with Gasteiger partial charge in [-0.1, -0.05) is 23.7 Å². The number of phenols is 1.